The first-order chi connectivity index (χ1) is 12.8. The summed E-state index contributed by atoms with van der Waals surface area (Å²) in [4.78, 5) is 14.2. The van der Waals surface area contributed by atoms with Crippen molar-refractivity contribution in [1.82, 2.24) is 4.90 Å². The standard InChI is InChI=1S/C22H23NO3/c24-21-13-7-12-19-22(26-16-18-10-5-2-6-11-18)20(14-23(19)21)25-15-17-8-3-1-4-9-17/h1-12,19-20,22H,13-16H2/t19-,20+,22+/m1/s1. The first kappa shape index (κ1) is 17.0. The van der Waals surface area contributed by atoms with Gasteiger partial charge in [-0.3, -0.25) is 4.79 Å². The molecule has 0 unspecified atom stereocenters. The maximum atomic E-state index is 12.3. The Hall–Kier alpha value is -2.43. The molecule has 4 heteroatoms. The third-order valence-electron chi connectivity index (χ3n) is 4.98. The minimum absolute atomic E-state index is 0.0410. The van der Waals surface area contributed by atoms with Crippen LogP contribution in [0.2, 0.25) is 0 Å². The van der Waals surface area contributed by atoms with E-state index in [1.54, 1.807) is 0 Å². The van der Waals surface area contributed by atoms with Crippen molar-refractivity contribution in [1.29, 1.82) is 0 Å². The van der Waals surface area contributed by atoms with Crippen molar-refractivity contribution < 1.29 is 14.3 Å². The van der Waals surface area contributed by atoms with E-state index in [9.17, 15) is 4.79 Å². The smallest absolute Gasteiger partial charge is 0.227 e. The van der Waals surface area contributed by atoms with Crippen molar-refractivity contribution in [3.8, 4) is 0 Å². The zero-order valence-electron chi connectivity index (χ0n) is 14.7. The fourth-order valence-electron chi connectivity index (χ4n) is 3.62. The molecule has 2 aromatic carbocycles. The molecule has 1 fully saturated rings. The van der Waals surface area contributed by atoms with E-state index in [1.807, 2.05) is 59.5 Å². The first-order valence-electron chi connectivity index (χ1n) is 9.08. The molecule has 0 spiro atoms. The molecule has 1 amide bonds. The predicted octanol–water partition coefficient (Wildman–Crippen LogP) is 3.33. The van der Waals surface area contributed by atoms with Crippen LogP contribution >= 0.6 is 0 Å². The van der Waals surface area contributed by atoms with Gasteiger partial charge in [-0.15, -0.1) is 0 Å². The molecule has 0 aliphatic carbocycles. The van der Waals surface area contributed by atoms with Gasteiger partial charge in [-0.25, -0.2) is 0 Å². The molecule has 4 rings (SSSR count). The average molecular weight is 349 g/mol. The molecule has 134 valence electrons. The summed E-state index contributed by atoms with van der Waals surface area (Å²) in [5.74, 6) is 0.150. The molecule has 3 atom stereocenters. The average Bonchev–Trinajstić information content (AvgIpc) is 3.05. The van der Waals surface area contributed by atoms with Crippen LogP contribution in [0.25, 0.3) is 0 Å². The topological polar surface area (TPSA) is 38.8 Å². The third kappa shape index (κ3) is 3.71. The van der Waals surface area contributed by atoms with Gasteiger partial charge < -0.3 is 14.4 Å². The molecule has 0 aromatic heterocycles. The van der Waals surface area contributed by atoms with E-state index in [-0.39, 0.29) is 24.2 Å². The molecular weight excluding hydrogens is 326 g/mol. The van der Waals surface area contributed by atoms with Crippen LogP contribution < -0.4 is 0 Å². The van der Waals surface area contributed by atoms with Crippen molar-refractivity contribution in [3.63, 3.8) is 0 Å². The molecule has 0 saturated carbocycles. The van der Waals surface area contributed by atoms with Gasteiger partial charge in [-0.05, 0) is 11.1 Å². The third-order valence-corrected chi connectivity index (χ3v) is 4.98. The Balaban J connectivity index is 1.47. The van der Waals surface area contributed by atoms with Gasteiger partial charge in [0.25, 0.3) is 0 Å². The van der Waals surface area contributed by atoms with E-state index in [1.165, 1.54) is 0 Å². The lowest BCUT2D eigenvalue weighted by molar-refractivity contribution is -0.132. The van der Waals surface area contributed by atoms with E-state index >= 15 is 0 Å². The number of fused-ring (bicyclic) bond motifs is 1. The molecule has 2 aliphatic heterocycles. The summed E-state index contributed by atoms with van der Waals surface area (Å²) in [7, 11) is 0. The Morgan fingerprint density at radius 2 is 1.50 bits per heavy atom. The van der Waals surface area contributed by atoms with Crippen LogP contribution in [0.1, 0.15) is 17.5 Å². The van der Waals surface area contributed by atoms with Gasteiger partial charge in [-0.1, -0.05) is 72.8 Å². The second-order valence-electron chi connectivity index (χ2n) is 6.77. The quantitative estimate of drug-likeness (QED) is 0.751. The number of hydrogen-bond acceptors (Lipinski definition) is 3. The minimum atomic E-state index is -0.153. The first-order valence-corrected chi connectivity index (χ1v) is 9.08. The number of carbonyl (C=O) groups is 1. The Morgan fingerprint density at radius 3 is 2.15 bits per heavy atom. The Bertz CT molecular complexity index is 759. The number of amides is 1. The second kappa shape index (κ2) is 7.85. The van der Waals surface area contributed by atoms with Crippen molar-refractivity contribution in [2.24, 2.45) is 0 Å². The van der Waals surface area contributed by atoms with Crippen molar-refractivity contribution in [2.75, 3.05) is 6.54 Å². The monoisotopic (exact) mass is 349 g/mol. The van der Waals surface area contributed by atoms with E-state index in [0.29, 0.717) is 26.2 Å². The number of carbonyl (C=O) groups excluding carboxylic acids is 1. The van der Waals surface area contributed by atoms with Gasteiger partial charge in [0, 0.05) is 6.42 Å². The lowest BCUT2D eigenvalue weighted by Gasteiger charge is -2.28. The van der Waals surface area contributed by atoms with Gasteiger partial charge in [0.1, 0.15) is 12.2 Å². The summed E-state index contributed by atoms with van der Waals surface area (Å²) in [6.45, 7) is 1.62. The lowest BCUT2D eigenvalue weighted by atomic mass is 10.1. The predicted molar refractivity (Wildman–Crippen MR) is 99.3 cm³/mol. The Kier molecular flexibility index (Phi) is 5.14. The number of rotatable bonds is 6. The second-order valence-corrected chi connectivity index (χ2v) is 6.77. The molecule has 26 heavy (non-hydrogen) atoms. The van der Waals surface area contributed by atoms with Crippen LogP contribution in [-0.2, 0) is 27.5 Å². The molecule has 1 saturated heterocycles. The summed E-state index contributed by atoms with van der Waals surface area (Å²) < 4.78 is 12.4. The van der Waals surface area contributed by atoms with Crippen LogP contribution in [0.3, 0.4) is 0 Å². The van der Waals surface area contributed by atoms with Gasteiger partial charge in [0.05, 0.1) is 25.8 Å². The summed E-state index contributed by atoms with van der Waals surface area (Å²) in [6, 6.07) is 20.2. The zero-order valence-corrected chi connectivity index (χ0v) is 14.7. The van der Waals surface area contributed by atoms with E-state index < -0.39 is 0 Å². The van der Waals surface area contributed by atoms with Gasteiger partial charge >= 0.3 is 0 Å². The molecular formula is C22H23NO3. The van der Waals surface area contributed by atoms with Crippen LogP contribution in [0.15, 0.2) is 72.8 Å². The fraction of sp³-hybridized carbons (Fsp3) is 0.318. The molecule has 4 nitrogen and oxygen atoms in total. The van der Waals surface area contributed by atoms with Crippen LogP contribution in [-0.4, -0.2) is 35.6 Å². The van der Waals surface area contributed by atoms with Crippen molar-refractivity contribution >= 4 is 5.91 Å². The van der Waals surface area contributed by atoms with E-state index in [0.717, 1.165) is 11.1 Å². The molecule has 2 heterocycles. The molecule has 0 N–H and O–H groups in total. The van der Waals surface area contributed by atoms with E-state index in [4.69, 9.17) is 9.47 Å². The molecule has 2 aromatic rings. The van der Waals surface area contributed by atoms with Crippen molar-refractivity contribution in [2.45, 2.75) is 37.9 Å². The number of hydrogen-bond donors (Lipinski definition) is 0. The summed E-state index contributed by atoms with van der Waals surface area (Å²) >= 11 is 0. The van der Waals surface area contributed by atoms with Crippen LogP contribution in [0.5, 0.6) is 0 Å². The largest absolute Gasteiger partial charge is 0.369 e. The van der Waals surface area contributed by atoms with Crippen molar-refractivity contribution in [3.05, 3.63) is 83.9 Å². The highest BCUT2D eigenvalue weighted by molar-refractivity contribution is 5.80. The molecule has 0 bridgehead atoms. The highest BCUT2D eigenvalue weighted by Crippen LogP contribution is 2.29. The number of ether oxygens (including phenoxy) is 2. The highest BCUT2D eigenvalue weighted by Gasteiger charge is 2.45. The van der Waals surface area contributed by atoms with Gasteiger partial charge in [0.15, 0.2) is 0 Å². The van der Waals surface area contributed by atoms with Gasteiger partial charge in [0.2, 0.25) is 5.91 Å². The number of nitrogens with zero attached hydrogens (tertiary/aromatic N) is 1. The highest BCUT2D eigenvalue weighted by atomic mass is 16.5. The van der Waals surface area contributed by atoms with Gasteiger partial charge in [-0.2, -0.15) is 0 Å². The SMILES string of the molecule is O=C1CC=C[C@@H]2[C@H](OCc3ccccc3)[C@@H](OCc3ccccc3)CN12. The van der Waals surface area contributed by atoms with Crippen LogP contribution in [0.4, 0.5) is 0 Å². The lowest BCUT2D eigenvalue weighted by Crippen LogP contribution is -2.41. The molecule has 0 radical (unpaired) electrons. The zero-order chi connectivity index (χ0) is 17.8. The number of benzene rings is 2. The maximum absolute atomic E-state index is 12.3. The fourth-order valence-corrected chi connectivity index (χ4v) is 3.62. The summed E-state index contributed by atoms with van der Waals surface area (Å²) in [5, 5.41) is 0. The normalized spacial score (nSPS) is 24.7. The minimum Gasteiger partial charge on any atom is -0.369 e. The summed E-state index contributed by atoms with van der Waals surface area (Å²) in [6.07, 6.45) is 4.22. The van der Waals surface area contributed by atoms with E-state index in [2.05, 4.69) is 18.2 Å². The Morgan fingerprint density at radius 1 is 0.885 bits per heavy atom. The van der Waals surface area contributed by atoms with Crippen LogP contribution in [0, 0.1) is 0 Å². The summed E-state index contributed by atoms with van der Waals surface area (Å²) in [5.41, 5.74) is 2.25. The maximum Gasteiger partial charge on any atom is 0.227 e. The molecule has 2 aliphatic rings. The Labute approximate surface area is 154 Å².